The quantitative estimate of drug-likeness (QED) is 0.0670. The highest BCUT2D eigenvalue weighted by Gasteiger charge is 2.29. The van der Waals surface area contributed by atoms with E-state index in [0.29, 0.717) is 66.3 Å². The summed E-state index contributed by atoms with van der Waals surface area (Å²) < 4.78 is 79.5. The minimum Gasteiger partial charge on any atom is -0.382 e. The smallest absolute Gasteiger partial charge is 0.382 e. The fourth-order valence-corrected chi connectivity index (χ4v) is 7.86. The molecule has 0 radical (unpaired) electrons. The summed E-state index contributed by atoms with van der Waals surface area (Å²) in [6, 6.07) is 20.1. The van der Waals surface area contributed by atoms with Gasteiger partial charge in [0.15, 0.2) is 17.1 Å². The van der Waals surface area contributed by atoms with Crippen LogP contribution >= 0.6 is 27.5 Å². The SMILES string of the molecule is Cc1cc(-c2cnc3c(NCCC(F)(F)F)cc(Br)nn23)ccc1C(=O)NC1CC1.Cc1ccc(Cl)cc1Nc1cc(NCCC(F)(F)F)c2ncc(-c3ccc(C(=O)NC4CC4)c(C)c3)n2n1. The molecule has 2 amide bonds. The summed E-state index contributed by atoms with van der Waals surface area (Å²) >= 11 is 9.47. The first-order valence-electron chi connectivity index (χ1n) is 21.7. The number of aromatic nitrogens is 6. The van der Waals surface area contributed by atoms with Crippen LogP contribution in [0.4, 0.5) is 49.2 Å². The lowest BCUT2D eigenvalue weighted by molar-refractivity contribution is -0.132. The van der Waals surface area contributed by atoms with Gasteiger partial charge in [0.25, 0.3) is 11.8 Å². The van der Waals surface area contributed by atoms with Crippen LogP contribution in [0.2, 0.25) is 5.02 Å². The van der Waals surface area contributed by atoms with E-state index in [1.54, 1.807) is 57.8 Å². The first-order chi connectivity index (χ1) is 32.3. The molecular formula is C47H45BrClF6N11O2. The van der Waals surface area contributed by atoms with Gasteiger partial charge in [0, 0.05) is 64.2 Å². The average molecular weight is 1030 g/mol. The summed E-state index contributed by atoms with van der Waals surface area (Å²) in [5.74, 6) is 0.206. The van der Waals surface area contributed by atoms with Crippen molar-refractivity contribution in [1.82, 2.24) is 39.8 Å². The van der Waals surface area contributed by atoms with Gasteiger partial charge in [-0.3, -0.25) is 9.59 Å². The van der Waals surface area contributed by atoms with Gasteiger partial charge >= 0.3 is 12.4 Å². The number of carbonyl (C=O) groups is 2. The molecule has 0 unspecified atom stereocenters. The molecule has 0 saturated heterocycles. The number of imidazole rings is 2. The summed E-state index contributed by atoms with van der Waals surface area (Å²) in [5, 5.41) is 24.5. The number of hydrogen-bond acceptors (Lipinski definition) is 9. The number of benzene rings is 3. The third kappa shape index (κ3) is 12.0. The molecule has 5 N–H and O–H groups in total. The predicted octanol–water partition coefficient (Wildman–Crippen LogP) is 11.4. The van der Waals surface area contributed by atoms with Gasteiger partial charge in [0.05, 0.1) is 48.0 Å². The van der Waals surface area contributed by atoms with E-state index in [0.717, 1.165) is 53.5 Å². The van der Waals surface area contributed by atoms with E-state index < -0.39 is 25.2 Å². The maximum atomic E-state index is 12.8. The minimum atomic E-state index is -4.29. The molecule has 7 aromatic rings. The number of aryl methyl sites for hydroxylation is 3. The van der Waals surface area contributed by atoms with E-state index in [1.165, 1.54) is 0 Å². The van der Waals surface area contributed by atoms with Crippen molar-refractivity contribution < 1.29 is 35.9 Å². The molecule has 3 aromatic carbocycles. The number of fused-ring (bicyclic) bond motifs is 2. The van der Waals surface area contributed by atoms with Crippen molar-refractivity contribution in [1.29, 1.82) is 0 Å². The van der Waals surface area contributed by atoms with Gasteiger partial charge in [-0.15, -0.1) is 5.10 Å². The molecule has 21 heteroatoms. The molecule has 2 aliphatic carbocycles. The fourth-order valence-electron chi connectivity index (χ4n) is 7.30. The normalized spacial score (nSPS) is 13.8. The van der Waals surface area contributed by atoms with E-state index in [2.05, 4.69) is 62.7 Å². The Kier molecular flexibility index (Phi) is 13.9. The second-order valence-electron chi connectivity index (χ2n) is 16.8. The number of amides is 2. The van der Waals surface area contributed by atoms with Crippen molar-refractivity contribution in [2.75, 3.05) is 29.0 Å². The van der Waals surface area contributed by atoms with Crippen molar-refractivity contribution in [3.8, 4) is 22.5 Å². The maximum Gasteiger partial charge on any atom is 0.390 e. The van der Waals surface area contributed by atoms with Gasteiger partial charge in [-0.25, -0.2) is 19.0 Å². The molecule has 0 aliphatic heterocycles. The zero-order valence-electron chi connectivity index (χ0n) is 36.8. The van der Waals surface area contributed by atoms with Crippen molar-refractivity contribution in [3.63, 3.8) is 0 Å². The molecule has 0 spiro atoms. The Labute approximate surface area is 399 Å². The van der Waals surface area contributed by atoms with Crippen molar-refractivity contribution >= 4 is 73.5 Å². The minimum absolute atomic E-state index is 0.0864. The number of hydrogen-bond donors (Lipinski definition) is 5. The number of halogens is 8. The molecule has 0 bridgehead atoms. The summed E-state index contributed by atoms with van der Waals surface area (Å²) in [7, 11) is 0. The second-order valence-corrected chi connectivity index (χ2v) is 18.1. The van der Waals surface area contributed by atoms with Crippen LogP contribution in [0, 0.1) is 20.8 Å². The lowest BCUT2D eigenvalue weighted by Gasteiger charge is -2.14. The standard InChI is InChI=1S/C27H26ClF3N6O.C20H19BrF3N5O/c1-15-3-5-18(28)12-21(15)35-24-13-22(32-10-9-27(29,30)31)25-33-14-23(37(25)36-24)17-4-8-20(16(2)11-17)26(38)34-19-6-7-19;1-11-8-12(2-5-14(11)19(30)27-13-3-4-13)16-10-26-18-15(9-17(21)28-29(16)18)25-7-6-20(22,23)24/h3-5,8,11-14,19,32H,6-7,9-10H2,1-2H3,(H,34,38)(H,35,36);2,5,8-10,13,25H,3-4,6-7H2,1H3,(H,27,30). The second kappa shape index (κ2) is 19.7. The molecular weight excluding hydrogens is 980 g/mol. The maximum absolute atomic E-state index is 12.8. The van der Waals surface area contributed by atoms with Crippen LogP contribution in [-0.2, 0) is 0 Å². The number of rotatable bonds is 14. The number of alkyl halides is 6. The number of anilines is 4. The van der Waals surface area contributed by atoms with E-state index in [-0.39, 0.29) is 37.0 Å². The van der Waals surface area contributed by atoms with E-state index in [4.69, 9.17) is 11.6 Å². The molecule has 4 heterocycles. The summed E-state index contributed by atoms with van der Waals surface area (Å²) in [5.41, 5.74) is 8.97. The molecule has 2 saturated carbocycles. The molecule has 356 valence electrons. The third-order valence-corrected chi connectivity index (χ3v) is 11.8. The molecule has 68 heavy (non-hydrogen) atoms. The molecule has 0 atom stereocenters. The summed E-state index contributed by atoms with van der Waals surface area (Å²) in [6.07, 6.45) is -3.20. The van der Waals surface area contributed by atoms with Crippen molar-refractivity contribution in [2.24, 2.45) is 0 Å². The van der Waals surface area contributed by atoms with Crippen LogP contribution in [0.25, 0.3) is 33.8 Å². The topological polar surface area (TPSA) is 155 Å². The van der Waals surface area contributed by atoms with Crippen LogP contribution in [-0.4, -0.2) is 78.5 Å². The van der Waals surface area contributed by atoms with E-state index >= 15 is 0 Å². The highest BCUT2D eigenvalue weighted by Crippen LogP contribution is 2.32. The summed E-state index contributed by atoms with van der Waals surface area (Å²) in [6.45, 7) is 5.06. The zero-order valence-corrected chi connectivity index (χ0v) is 39.2. The van der Waals surface area contributed by atoms with Crippen LogP contribution in [0.5, 0.6) is 0 Å². The number of carbonyl (C=O) groups excluding carboxylic acids is 2. The first-order valence-corrected chi connectivity index (χ1v) is 22.9. The lowest BCUT2D eigenvalue weighted by atomic mass is 10.0. The van der Waals surface area contributed by atoms with Crippen LogP contribution < -0.4 is 26.6 Å². The Morgan fingerprint density at radius 1 is 0.647 bits per heavy atom. The molecule has 9 rings (SSSR count). The Balaban J connectivity index is 0.000000189. The van der Waals surface area contributed by atoms with Gasteiger partial charge in [-0.2, -0.15) is 31.4 Å². The molecule has 2 aliphatic rings. The van der Waals surface area contributed by atoms with Crippen LogP contribution in [0.15, 0.2) is 83.7 Å². The predicted molar refractivity (Wildman–Crippen MR) is 253 cm³/mol. The zero-order chi connectivity index (χ0) is 48.5. The monoisotopic (exact) mass is 1020 g/mol. The van der Waals surface area contributed by atoms with E-state index in [1.807, 2.05) is 51.1 Å². The third-order valence-electron chi connectivity index (χ3n) is 11.2. The number of nitrogens with one attached hydrogen (secondary N) is 5. The van der Waals surface area contributed by atoms with Gasteiger partial charge in [0.2, 0.25) is 0 Å². The Bertz CT molecular complexity index is 3020. The molecule has 13 nitrogen and oxygen atoms in total. The highest BCUT2D eigenvalue weighted by molar-refractivity contribution is 9.10. The Morgan fingerprint density at radius 3 is 1.60 bits per heavy atom. The Morgan fingerprint density at radius 2 is 1.13 bits per heavy atom. The van der Waals surface area contributed by atoms with Gasteiger partial charge < -0.3 is 26.6 Å². The van der Waals surface area contributed by atoms with Gasteiger partial charge in [-0.1, -0.05) is 29.8 Å². The summed E-state index contributed by atoms with van der Waals surface area (Å²) in [4.78, 5) is 33.7. The molecule has 2 fully saturated rings. The van der Waals surface area contributed by atoms with Crippen LogP contribution in [0.1, 0.15) is 75.9 Å². The first kappa shape index (κ1) is 48.1. The van der Waals surface area contributed by atoms with Crippen molar-refractivity contribution in [2.45, 2.75) is 83.7 Å². The largest absolute Gasteiger partial charge is 0.390 e. The average Bonchev–Trinajstić information content (AvgIpc) is 4.18. The lowest BCUT2D eigenvalue weighted by Crippen LogP contribution is -2.26. The number of nitrogens with zero attached hydrogens (tertiary/aromatic N) is 6. The van der Waals surface area contributed by atoms with Crippen LogP contribution in [0.3, 0.4) is 0 Å². The van der Waals surface area contributed by atoms with Gasteiger partial charge in [0.1, 0.15) is 4.60 Å². The van der Waals surface area contributed by atoms with Crippen molar-refractivity contribution in [3.05, 3.63) is 117 Å². The van der Waals surface area contributed by atoms with E-state index in [9.17, 15) is 35.9 Å². The van der Waals surface area contributed by atoms with Gasteiger partial charge in [-0.05, 0) is 122 Å². The highest BCUT2D eigenvalue weighted by atomic mass is 79.9. The Hall–Kier alpha value is -6.41. The molecule has 4 aromatic heterocycles. The fraction of sp³-hybridized carbons (Fsp3) is 0.319.